The quantitative estimate of drug-likeness (QED) is 0.304. The van der Waals surface area contributed by atoms with Gasteiger partial charge in [-0.3, -0.25) is 9.80 Å². The molecule has 3 aromatic rings. The maximum atomic E-state index is 12.5. The molecule has 136 valence electrons. The number of rotatable bonds is 5. The lowest BCUT2D eigenvalue weighted by Gasteiger charge is -2.12. The average molecular weight is 381 g/mol. The Morgan fingerprint density at radius 1 is 1.33 bits per heavy atom. The van der Waals surface area contributed by atoms with Crippen molar-refractivity contribution in [3.05, 3.63) is 65.6 Å². The van der Waals surface area contributed by atoms with Crippen molar-refractivity contribution in [2.75, 3.05) is 10.9 Å². The number of hydrazine groups is 1. The Morgan fingerprint density at radius 3 is 2.63 bits per heavy atom. The van der Waals surface area contributed by atoms with Crippen molar-refractivity contribution in [2.24, 2.45) is 11.6 Å². The van der Waals surface area contributed by atoms with E-state index in [1.54, 1.807) is 18.2 Å². The number of alkyl halides is 1. The first-order chi connectivity index (χ1) is 13.0. The molecule has 0 fully saturated rings. The van der Waals surface area contributed by atoms with Crippen LogP contribution in [0.3, 0.4) is 0 Å². The van der Waals surface area contributed by atoms with Gasteiger partial charge in [-0.2, -0.15) is 5.26 Å². The second kappa shape index (κ2) is 7.50. The molecule has 7 nitrogen and oxygen atoms in total. The van der Waals surface area contributed by atoms with E-state index in [1.165, 1.54) is 17.4 Å². The van der Waals surface area contributed by atoms with Gasteiger partial charge in [-0.05, 0) is 43.3 Å². The molecule has 0 spiro atoms. The largest absolute Gasteiger partial charge is 0.403 e. The summed E-state index contributed by atoms with van der Waals surface area (Å²) in [6, 6.07) is 12.7. The molecule has 0 unspecified atom stereocenters. The molecule has 0 saturated heterocycles. The third-order valence-electron chi connectivity index (χ3n) is 4.20. The number of carbonyl (C=O) groups excluding carboxylic acids is 1. The van der Waals surface area contributed by atoms with Gasteiger partial charge in [-0.1, -0.05) is 0 Å². The van der Waals surface area contributed by atoms with Crippen molar-refractivity contribution < 1.29 is 4.79 Å². The predicted octanol–water partition coefficient (Wildman–Crippen LogP) is 2.74. The molecule has 3 rings (SSSR count). The zero-order chi connectivity index (χ0) is 19.6. The van der Waals surface area contributed by atoms with Gasteiger partial charge < -0.3 is 10.3 Å². The van der Waals surface area contributed by atoms with Gasteiger partial charge in [0.15, 0.2) is 5.78 Å². The number of anilines is 1. The maximum Gasteiger partial charge on any atom is 0.181 e. The van der Waals surface area contributed by atoms with Crippen LogP contribution >= 0.6 is 11.6 Å². The molecule has 8 heteroatoms. The third-order valence-corrected chi connectivity index (χ3v) is 4.44. The average Bonchev–Trinajstić information content (AvgIpc) is 2.98. The molecule has 4 N–H and O–H groups in total. The normalized spacial score (nSPS) is 11.0. The SMILES string of the molecule is Cc1c(C(=O)CCl)c2nc(N(N)/C=C\N)ccc2n1-c1ccc(C#N)cc1. The second-order valence-electron chi connectivity index (χ2n) is 5.80. The van der Waals surface area contributed by atoms with Crippen LogP contribution in [0.2, 0.25) is 0 Å². The number of fused-ring (bicyclic) bond motifs is 1. The molecule has 0 amide bonds. The highest BCUT2D eigenvalue weighted by Crippen LogP contribution is 2.30. The fourth-order valence-electron chi connectivity index (χ4n) is 3.00. The number of halogens is 1. The molecule has 0 bridgehead atoms. The number of carbonyl (C=O) groups is 1. The topological polar surface area (TPSA) is 114 Å². The van der Waals surface area contributed by atoms with E-state index in [1.807, 2.05) is 29.7 Å². The summed E-state index contributed by atoms with van der Waals surface area (Å²) >= 11 is 5.82. The van der Waals surface area contributed by atoms with E-state index in [-0.39, 0.29) is 11.7 Å². The Balaban J connectivity index is 2.29. The fourth-order valence-corrected chi connectivity index (χ4v) is 3.13. The van der Waals surface area contributed by atoms with Crippen molar-refractivity contribution >= 4 is 34.2 Å². The Kier molecular flexibility index (Phi) is 5.12. The van der Waals surface area contributed by atoms with E-state index in [2.05, 4.69) is 11.1 Å². The number of aromatic nitrogens is 2. The lowest BCUT2D eigenvalue weighted by atomic mass is 10.1. The van der Waals surface area contributed by atoms with Crippen molar-refractivity contribution in [3.8, 4) is 11.8 Å². The van der Waals surface area contributed by atoms with Gasteiger partial charge in [0.05, 0.1) is 28.6 Å². The molecule has 0 aliphatic carbocycles. The van der Waals surface area contributed by atoms with E-state index >= 15 is 0 Å². The molecule has 27 heavy (non-hydrogen) atoms. The van der Waals surface area contributed by atoms with E-state index in [9.17, 15) is 4.79 Å². The summed E-state index contributed by atoms with van der Waals surface area (Å²) in [5.41, 5.74) is 9.13. The molecule has 0 aliphatic heterocycles. The summed E-state index contributed by atoms with van der Waals surface area (Å²) in [5, 5.41) is 10.3. The van der Waals surface area contributed by atoms with Crippen LogP contribution in [-0.2, 0) is 0 Å². The van der Waals surface area contributed by atoms with Gasteiger partial charge in [-0.25, -0.2) is 10.8 Å². The molecule has 2 heterocycles. The molecule has 0 atom stereocenters. The third kappa shape index (κ3) is 3.24. The monoisotopic (exact) mass is 380 g/mol. The molecule has 0 radical (unpaired) electrons. The Bertz CT molecular complexity index is 1080. The van der Waals surface area contributed by atoms with Crippen LogP contribution in [0.1, 0.15) is 21.6 Å². The number of pyridine rings is 1. The maximum absolute atomic E-state index is 12.5. The molecule has 0 saturated carbocycles. The minimum atomic E-state index is -0.228. The van der Waals surface area contributed by atoms with Gasteiger partial charge in [0, 0.05) is 23.8 Å². The van der Waals surface area contributed by atoms with Gasteiger partial charge in [0.1, 0.15) is 11.3 Å². The number of nitrogens with zero attached hydrogens (tertiary/aromatic N) is 4. The van der Waals surface area contributed by atoms with Crippen LogP contribution in [0.4, 0.5) is 5.82 Å². The first kappa shape index (κ1) is 18.5. The van der Waals surface area contributed by atoms with Crippen molar-refractivity contribution in [1.29, 1.82) is 5.26 Å². The first-order valence-electron chi connectivity index (χ1n) is 8.06. The second-order valence-corrected chi connectivity index (χ2v) is 6.06. The molecular formula is C19H17ClN6O. The lowest BCUT2D eigenvalue weighted by Crippen LogP contribution is -2.25. The molecule has 1 aromatic carbocycles. The summed E-state index contributed by atoms with van der Waals surface area (Å²) in [6.45, 7) is 1.83. The Morgan fingerprint density at radius 2 is 2.04 bits per heavy atom. The highest BCUT2D eigenvalue weighted by atomic mass is 35.5. The smallest absolute Gasteiger partial charge is 0.181 e. The van der Waals surface area contributed by atoms with E-state index in [0.29, 0.717) is 28.2 Å². The number of nitrogens with two attached hydrogens (primary N) is 2. The number of Topliss-reactive ketones (excluding diaryl/α,β-unsaturated/α-hetero) is 1. The Hall–Kier alpha value is -3.34. The predicted molar refractivity (Wildman–Crippen MR) is 106 cm³/mol. The van der Waals surface area contributed by atoms with Gasteiger partial charge in [0.25, 0.3) is 0 Å². The van der Waals surface area contributed by atoms with Crippen LogP contribution in [0.15, 0.2) is 48.8 Å². The number of hydrogen-bond donors (Lipinski definition) is 2. The van der Waals surface area contributed by atoms with Crippen LogP contribution in [0.25, 0.3) is 16.7 Å². The zero-order valence-corrected chi connectivity index (χ0v) is 15.3. The lowest BCUT2D eigenvalue weighted by molar-refractivity contribution is 0.102. The molecule has 0 aliphatic rings. The van der Waals surface area contributed by atoms with Crippen LogP contribution in [0, 0.1) is 18.3 Å². The number of ketones is 1. The minimum Gasteiger partial charge on any atom is -0.403 e. The van der Waals surface area contributed by atoms with E-state index < -0.39 is 0 Å². The number of nitriles is 1. The fraction of sp³-hybridized carbons (Fsp3) is 0.105. The van der Waals surface area contributed by atoms with Crippen LogP contribution in [0.5, 0.6) is 0 Å². The van der Waals surface area contributed by atoms with Crippen LogP contribution in [-0.4, -0.2) is 21.2 Å². The highest BCUT2D eigenvalue weighted by Gasteiger charge is 2.22. The number of hydrogen-bond acceptors (Lipinski definition) is 6. The Labute approximate surface area is 161 Å². The summed E-state index contributed by atoms with van der Waals surface area (Å²) in [7, 11) is 0. The van der Waals surface area contributed by atoms with Gasteiger partial charge in [0.2, 0.25) is 0 Å². The van der Waals surface area contributed by atoms with E-state index in [0.717, 1.165) is 11.2 Å². The first-order valence-corrected chi connectivity index (χ1v) is 8.59. The van der Waals surface area contributed by atoms with Crippen molar-refractivity contribution in [1.82, 2.24) is 9.55 Å². The van der Waals surface area contributed by atoms with Gasteiger partial charge in [-0.15, -0.1) is 11.6 Å². The number of benzene rings is 1. The van der Waals surface area contributed by atoms with Gasteiger partial charge >= 0.3 is 0 Å². The zero-order valence-electron chi connectivity index (χ0n) is 14.6. The van der Waals surface area contributed by atoms with E-state index in [4.69, 9.17) is 28.4 Å². The van der Waals surface area contributed by atoms with Crippen molar-refractivity contribution in [3.63, 3.8) is 0 Å². The summed E-state index contributed by atoms with van der Waals surface area (Å²) in [6.07, 6.45) is 2.76. The van der Waals surface area contributed by atoms with Crippen molar-refractivity contribution in [2.45, 2.75) is 6.92 Å². The summed E-state index contributed by atoms with van der Waals surface area (Å²) in [4.78, 5) is 17.0. The molecule has 2 aromatic heterocycles. The van der Waals surface area contributed by atoms with Crippen LogP contribution < -0.4 is 16.6 Å². The standard InChI is InChI=1S/C19H17ClN6O/c1-12-18(16(27)10-20)19-15(6-7-17(24-19)25(23)9-8-21)26(12)14-4-2-13(11-22)3-5-14/h2-9H,10,21,23H2,1H3/b9-8-. The minimum absolute atomic E-state index is 0.158. The molecular weight excluding hydrogens is 364 g/mol. The summed E-state index contributed by atoms with van der Waals surface area (Å²) in [5.74, 6) is 5.95. The summed E-state index contributed by atoms with van der Waals surface area (Å²) < 4.78 is 1.91. The highest BCUT2D eigenvalue weighted by molar-refractivity contribution is 6.32.